The molecule has 10 aromatic carbocycles. The lowest BCUT2D eigenvalue weighted by Gasteiger charge is -2.24. The van der Waals surface area contributed by atoms with Crippen molar-refractivity contribution < 1.29 is 0 Å². The highest BCUT2D eigenvalue weighted by Gasteiger charge is 2.37. The van der Waals surface area contributed by atoms with Crippen LogP contribution in [0, 0.1) is 22.7 Å². The number of rotatable bonds is 10. The number of nitrogens with zero attached hydrogens (tertiary/aromatic N) is 8. The molecule has 0 N–H and O–H groups in total. The third-order valence-corrected chi connectivity index (χ3v) is 17.0. The Bertz CT molecular complexity index is 4780. The van der Waals surface area contributed by atoms with Crippen LogP contribution in [0.5, 0.6) is 0 Å². The highest BCUT2D eigenvalue weighted by atomic mass is 35.5. The summed E-state index contributed by atoms with van der Waals surface area (Å²) in [5, 5.41) is 32.5. The zero-order valence-corrected chi connectivity index (χ0v) is 47.4. The van der Waals surface area contributed by atoms with Gasteiger partial charge in [-0.1, -0.05) is 262 Å². The molecule has 84 heavy (non-hydrogen) atoms. The Labute approximate surface area is 503 Å². The van der Waals surface area contributed by atoms with Crippen molar-refractivity contribution in [3.8, 4) is 34.7 Å². The van der Waals surface area contributed by atoms with E-state index < -0.39 is 13.7 Å². The van der Waals surface area contributed by atoms with Gasteiger partial charge in [-0.3, -0.25) is 9.97 Å². The fourth-order valence-electron chi connectivity index (χ4n) is 11.9. The van der Waals surface area contributed by atoms with Crippen LogP contribution in [0.3, 0.4) is 0 Å². The van der Waals surface area contributed by atoms with Crippen LogP contribution in [0.1, 0.15) is 11.4 Å². The first-order valence-corrected chi connectivity index (χ1v) is 28.5. The molecule has 14 heteroatoms. The van der Waals surface area contributed by atoms with Gasteiger partial charge in [0.2, 0.25) is 0 Å². The zero-order chi connectivity index (χ0) is 57.0. The summed E-state index contributed by atoms with van der Waals surface area (Å²) in [5.74, 6) is 0. The molecule has 0 spiro atoms. The van der Waals surface area contributed by atoms with E-state index in [0.29, 0.717) is 75.0 Å². The molecule has 0 radical (unpaired) electrons. The molecular weight excluding hydrogens is 1120 g/mol. The molecule has 0 atom stereocenters. The molecule has 0 saturated carbocycles. The topological polar surface area (TPSA) is 109 Å². The molecule has 0 bridgehead atoms. The Morgan fingerprint density at radius 2 is 0.667 bits per heavy atom. The molecule has 0 aliphatic heterocycles. The normalized spacial score (nSPS) is 12.2. The van der Waals surface area contributed by atoms with Crippen LogP contribution in [-0.2, 0) is 0 Å². The second-order valence-corrected chi connectivity index (χ2v) is 22.1. The molecule has 4 heterocycles. The number of nitriles is 2. The van der Waals surface area contributed by atoms with Crippen molar-refractivity contribution in [3.63, 3.8) is 0 Å². The Morgan fingerprint density at radius 3 is 1.00 bits per heavy atom. The van der Waals surface area contributed by atoms with Crippen molar-refractivity contribution in [1.82, 2.24) is 28.9 Å². The number of hydrogen-bond acceptors (Lipinski definition) is 6. The van der Waals surface area contributed by atoms with E-state index >= 15 is 0 Å². The van der Waals surface area contributed by atoms with E-state index in [1.54, 1.807) is 36.7 Å². The van der Waals surface area contributed by atoms with Crippen LogP contribution in [0.4, 0.5) is 0 Å². The van der Waals surface area contributed by atoms with Gasteiger partial charge in [0.05, 0.1) is 65.2 Å². The summed E-state index contributed by atoms with van der Waals surface area (Å²) >= 11 is 26.7. The van der Waals surface area contributed by atoms with Crippen molar-refractivity contribution in [2.75, 3.05) is 0 Å². The molecule has 14 rings (SSSR count). The van der Waals surface area contributed by atoms with Gasteiger partial charge in [-0.05, 0) is 69.1 Å². The van der Waals surface area contributed by atoms with Gasteiger partial charge in [0.25, 0.3) is 0 Å². The molecule has 0 fully saturated rings. The Morgan fingerprint density at radius 1 is 0.357 bits per heavy atom. The van der Waals surface area contributed by atoms with Crippen molar-refractivity contribution >= 4 is 147 Å². The van der Waals surface area contributed by atoms with Crippen LogP contribution in [0.25, 0.3) is 88.0 Å². The maximum Gasteiger partial charge on any atom is 0.328 e. The van der Waals surface area contributed by atoms with E-state index in [2.05, 4.69) is 130 Å². The van der Waals surface area contributed by atoms with Gasteiger partial charge in [0.15, 0.2) is 0 Å². The SMILES string of the molecule is N#C/C(c1cnc2cc(Cl)c(Cl)cc2n1)=c1\c2c(-c3ccc4ccccc4c3)n(B(c3ccccc3)c3ccccc3)/c(=C(/C#N)c3cnc4cc(Cl)c(Cl)cc4n3)c2c(-c2ccc3ccccc3c2)n1B(c1ccccc1)c1ccccc1. The maximum absolute atomic E-state index is 12.4. The smallest absolute Gasteiger partial charge is 0.328 e. The molecule has 8 nitrogen and oxygen atoms in total. The third-order valence-electron chi connectivity index (χ3n) is 15.6. The second kappa shape index (κ2) is 21.9. The first-order chi connectivity index (χ1) is 41.2. The number of hydrogen-bond donors (Lipinski definition) is 0. The van der Waals surface area contributed by atoms with Crippen LogP contribution in [0.15, 0.2) is 243 Å². The van der Waals surface area contributed by atoms with Crippen molar-refractivity contribution in [1.29, 1.82) is 10.5 Å². The summed E-state index contributed by atoms with van der Waals surface area (Å²) in [5.41, 5.74) is 9.67. The van der Waals surface area contributed by atoms with E-state index in [9.17, 15) is 10.5 Å². The number of halogens is 4. The largest absolute Gasteiger partial charge is 0.374 e. The van der Waals surface area contributed by atoms with E-state index in [1.165, 1.54) is 0 Å². The minimum atomic E-state index is -0.621. The Kier molecular flexibility index (Phi) is 13.6. The summed E-state index contributed by atoms with van der Waals surface area (Å²) < 4.78 is 4.58. The van der Waals surface area contributed by atoms with Crippen LogP contribution in [-0.4, -0.2) is 42.6 Å². The minimum Gasteiger partial charge on any atom is -0.374 e. The average molecular weight is 1160 g/mol. The molecule has 4 aromatic heterocycles. The molecule has 0 saturated heterocycles. The maximum atomic E-state index is 12.4. The van der Waals surface area contributed by atoms with Crippen molar-refractivity contribution in [3.05, 3.63) is 285 Å². The molecule has 0 aliphatic rings. The van der Waals surface area contributed by atoms with Gasteiger partial charge in [-0.2, -0.15) is 10.5 Å². The van der Waals surface area contributed by atoms with Gasteiger partial charge < -0.3 is 8.96 Å². The predicted molar refractivity (Wildman–Crippen MR) is 347 cm³/mol. The van der Waals surface area contributed by atoms with Gasteiger partial charge >= 0.3 is 13.7 Å². The van der Waals surface area contributed by atoms with Gasteiger partial charge in [0.1, 0.15) is 34.7 Å². The highest BCUT2D eigenvalue weighted by molar-refractivity contribution is 6.85. The predicted octanol–water partition coefficient (Wildman–Crippen LogP) is 13.3. The average Bonchev–Trinajstić information content (AvgIpc) is 1.86. The van der Waals surface area contributed by atoms with Gasteiger partial charge in [0, 0.05) is 22.2 Å². The standard InChI is InChI=1S/C70H40B2Cl4N8/c73-55-35-59-61(37-57(55)75)81-63(41-79-59)53(39-77)69-66-65(67(47-31-29-43-17-13-15-19-45(43)33-47)83(69)71(49-21-5-1-6-22-49)50-23-7-2-8-24-50)70(54(40-78)64-42-80-60-36-56(74)58(76)38-62(60)82-64)84(68(66)48-32-30-44-18-14-16-20-46(44)34-48)72(51-25-9-3-10-26-51)52-27-11-4-12-28-52/h1-38,41-42H/b69-53-,70-54-. The van der Waals surface area contributed by atoms with Gasteiger partial charge in [-0.25, -0.2) is 9.97 Å². The van der Waals surface area contributed by atoms with Crippen molar-refractivity contribution in [2.45, 2.75) is 0 Å². The number of fused-ring (bicyclic) bond motifs is 5. The molecule has 394 valence electrons. The fraction of sp³-hybridized carbons (Fsp3) is 0. The molecule has 0 amide bonds. The lowest BCUT2D eigenvalue weighted by Crippen LogP contribution is -2.54. The third kappa shape index (κ3) is 9.14. The number of aromatic nitrogens is 6. The van der Waals surface area contributed by atoms with E-state index in [-0.39, 0.29) is 22.5 Å². The summed E-state index contributed by atoms with van der Waals surface area (Å²) in [7, 11) is 0. The van der Waals surface area contributed by atoms with Crippen LogP contribution >= 0.6 is 46.4 Å². The molecule has 14 aromatic rings. The lowest BCUT2D eigenvalue weighted by molar-refractivity contribution is 1.12. The van der Waals surface area contributed by atoms with Crippen molar-refractivity contribution in [2.24, 2.45) is 0 Å². The molecule has 0 aliphatic carbocycles. The van der Waals surface area contributed by atoms with E-state index in [4.69, 9.17) is 66.3 Å². The summed E-state index contributed by atoms with van der Waals surface area (Å²) in [6, 6.07) is 82.9. The Balaban J connectivity index is 1.34. The first-order valence-electron chi connectivity index (χ1n) is 27.0. The van der Waals surface area contributed by atoms with Crippen LogP contribution in [0.2, 0.25) is 20.1 Å². The quantitative estimate of drug-likeness (QED) is 0.126. The van der Waals surface area contributed by atoms with Crippen LogP contribution < -0.4 is 32.5 Å². The van der Waals surface area contributed by atoms with E-state index in [0.717, 1.165) is 54.5 Å². The second-order valence-electron chi connectivity index (χ2n) is 20.5. The molecular formula is C70H40B2Cl4N8. The number of benzene rings is 10. The first kappa shape index (κ1) is 52.3. The minimum absolute atomic E-state index is 0.210. The molecule has 0 unspecified atom stereocenters. The lowest BCUT2D eigenvalue weighted by atomic mass is 9.50. The van der Waals surface area contributed by atoms with Gasteiger partial charge in [-0.15, -0.1) is 0 Å². The zero-order valence-electron chi connectivity index (χ0n) is 44.3. The van der Waals surface area contributed by atoms with E-state index in [1.807, 2.05) is 97.1 Å². The summed E-state index contributed by atoms with van der Waals surface area (Å²) in [6.07, 6.45) is 3.26. The highest BCUT2D eigenvalue weighted by Crippen LogP contribution is 2.39. The monoisotopic (exact) mass is 1150 g/mol. The summed E-state index contributed by atoms with van der Waals surface area (Å²) in [6.45, 7) is -1.24. The fourth-order valence-corrected chi connectivity index (χ4v) is 12.5. The summed E-state index contributed by atoms with van der Waals surface area (Å²) in [4.78, 5) is 20.4. The Hall–Kier alpha value is -9.77.